The highest BCUT2D eigenvalue weighted by atomic mass is 19.1. The van der Waals surface area contributed by atoms with Crippen molar-refractivity contribution in [1.29, 1.82) is 0 Å². The molecule has 1 aromatic heterocycles. The van der Waals surface area contributed by atoms with Crippen LogP contribution in [0.3, 0.4) is 0 Å². The van der Waals surface area contributed by atoms with Crippen LogP contribution in [-0.2, 0) is 11.3 Å². The number of methoxy groups -OCH3 is 2. The first kappa shape index (κ1) is 19.3. The van der Waals surface area contributed by atoms with E-state index in [2.05, 4.69) is 10.3 Å². The van der Waals surface area contributed by atoms with Crippen molar-refractivity contribution in [2.45, 2.75) is 19.4 Å². The van der Waals surface area contributed by atoms with E-state index < -0.39 is 5.82 Å². The highest BCUT2D eigenvalue weighted by Crippen LogP contribution is 2.29. The van der Waals surface area contributed by atoms with E-state index in [1.807, 2.05) is 0 Å². The molecule has 146 valence electrons. The fourth-order valence-electron chi connectivity index (χ4n) is 2.84. The summed E-state index contributed by atoms with van der Waals surface area (Å²) in [5.41, 5.74) is 0.676. The Morgan fingerprint density at radius 1 is 1.18 bits per heavy atom. The predicted molar refractivity (Wildman–Crippen MR) is 103 cm³/mol. The average Bonchev–Trinajstić information content (AvgIpc) is 2.69. The van der Waals surface area contributed by atoms with Crippen molar-refractivity contribution in [3.8, 4) is 11.5 Å². The molecule has 0 atom stereocenters. The third-order valence-electron chi connectivity index (χ3n) is 4.24. The second-order valence-corrected chi connectivity index (χ2v) is 6.13. The summed E-state index contributed by atoms with van der Waals surface area (Å²) in [5.74, 6) is 0.271. The molecular weight excluding hydrogens is 365 g/mol. The fourth-order valence-corrected chi connectivity index (χ4v) is 2.84. The number of nitrogens with zero attached hydrogens (tertiary/aromatic N) is 2. The molecule has 3 rings (SSSR count). The van der Waals surface area contributed by atoms with Crippen LogP contribution in [0, 0.1) is 5.82 Å². The van der Waals surface area contributed by atoms with E-state index in [9.17, 15) is 14.0 Å². The number of nitrogens with one attached hydrogen (secondary N) is 1. The standard InChI is InChI=1S/C20H20FN3O4/c1-27-17-10-15-16(11-18(17)28-2)22-12-24(20(15)26)8-4-7-19(25)23-14-6-3-5-13(21)9-14/h3,5-6,9-12H,4,7-8H2,1-2H3,(H,23,25). The number of ether oxygens (including phenoxy) is 2. The number of hydrogen-bond donors (Lipinski definition) is 1. The van der Waals surface area contributed by atoms with Crippen molar-refractivity contribution in [3.63, 3.8) is 0 Å². The summed E-state index contributed by atoms with van der Waals surface area (Å²) in [4.78, 5) is 29.0. The zero-order chi connectivity index (χ0) is 20.1. The summed E-state index contributed by atoms with van der Waals surface area (Å²) in [6.07, 6.45) is 2.06. The van der Waals surface area contributed by atoms with Gasteiger partial charge in [-0.25, -0.2) is 9.37 Å². The Balaban J connectivity index is 1.68. The zero-order valence-electron chi connectivity index (χ0n) is 15.6. The van der Waals surface area contributed by atoms with Gasteiger partial charge in [-0.05, 0) is 30.7 Å². The molecule has 0 fully saturated rings. The minimum absolute atomic E-state index is 0.187. The van der Waals surface area contributed by atoms with E-state index in [1.165, 1.54) is 43.3 Å². The third kappa shape index (κ3) is 4.28. The molecule has 1 heterocycles. The van der Waals surface area contributed by atoms with Crippen molar-refractivity contribution in [1.82, 2.24) is 9.55 Å². The minimum Gasteiger partial charge on any atom is -0.493 e. The average molecular weight is 385 g/mol. The van der Waals surface area contributed by atoms with Crippen molar-refractivity contribution in [2.24, 2.45) is 0 Å². The molecule has 0 unspecified atom stereocenters. The van der Waals surface area contributed by atoms with Crippen LogP contribution in [0.25, 0.3) is 10.9 Å². The molecular formula is C20H20FN3O4. The van der Waals surface area contributed by atoms with Crippen LogP contribution in [-0.4, -0.2) is 29.7 Å². The normalized spacial score (nSPS) is 10.7. The maximum absolute atomic E-state index is 13.2. The van der Waals surface area contributed by atoms with Gasteiger partial charge in [0.2, 0.25) is 5.91 Å². The molecule has 2 aromatic carbocycles. The monoisotopic (exact) mass is 385 g/mol. The van der Waals surface area contributed by atoms with Crippen LogP contribution < -0.4 is 20.3 Å². The van der Waals surface area contributed by atoms with Crippen LogP contribution in [0.15, 0.2) is 47.5 Å². The maximum Gasteiger partial charge on any atom is 0.261 e. The third-order valence-corrected chi connectivity index (χ3v) is 4.24. The molecule has 0 aliphatic heterocycles. The van der Waals surface area contributed by atoms with Gasteiger partial charge >= 0.3 is 0 Å². The van der Waals surface area contributed by atoms with Crippen LogP contribution in [0.4, 0.5) is 10.1 Å². The van der Waals surface area contributed by atoms with E-state index in [0.717, 1.165) is 0 Å². The van der Waals surface area contributed by atoms with E-state index in [-0.39, 0.29) is 17.9 Å². The summed E-state index contributed by atoms with van der Waals surface area (Å²) >= 11 is 0. The maximum atomic E-state index is 13.2. The molecule has 0 saturated carbocycles. The highest BCUT2D eigenvalue weighted by molar-refractivity contribution is 5.90. The Morgan fingerprint density at radius 2 is 1.93 bits per heavy atom. The predicted octanol–water partition coefficient (Wildman–Crippen LogP) is 2.97. The van der Waals surface area contributed by atoms with E-state index in [0.29, 0.717) is 41.1 Å². The molecule has 1 N–H and O–H groups in total. The van der Waals surface area contributed by atoms with Gasteiger partial charge < -0.3 is 14.8 Å². The van der Waals surface area contributed by atoms with Gasteiger partial charge in [-0.1, -0.05) is 6.07 Å². The topological polar surface area (TPSA) is 82.5 Å². The number of carbonyl (C=O) groups excluding carboxylic acids is 1. The number of benzene rings is 2. The van der Waals surface area contributed by atoms with Crippen LogP contribution in [0.2, 0.25) is 0 Å². The minimum atomic E-state index is -0.418. The Kier molecular flexibility index (Phi) is 5.88. The Bertz CT molecular complexity index is 1060. The number of carbonyl (C=O) groups is 1. The summed E-state index contributed by atoms with van der Waals surface area (Å²) in [5, 5.41) is 3.04. The van der Waals surface area contributed by atoms with Crippen LogP contribution >= 0.6 is 0 Å². The molecule has 7 nitrogen and oxygen atoms in total. The first-order valence-electron chi connectivity index (χ1n) is 8.68. The van der Waals surface area contributed by atoms with Crippen LogP contribution in [0.5, 0.6) is 11.5 Å². The molecule has 0 bridgehead atoms. The van der Waals surface area contributed by atoms with Crippen molar-refractivity contribution in [2.75, 3.05) is 19.5 Å². The van der Waals surface area contributed by atoms with Crippen LogP contribution in [0.1, 0.15) is 12.8 Å². The van der Waals surface area contributed by atoms with Gasteiger partial charge in [0.25, 0.3) is 5.56 Å². The second kappa shape index (κ2) is 8.51. The molecule has 8 heteroatoms. The van der Waals surface area contributed by atoms with E-state index in [1.54, 1.807) is 18.2 Å². The van der Waals surface area contributed by atoms with Gasteiger partial charge in [0, 0.05) is 24.7 Å². The second-order valence-electron chi connectivity index (χ2n) is 6.13. The number of rotatable bonds is 7. The molecule has 0 spiro atoms. The summed E-state index contributed by atoms with van der Waals surface area (Å²) < 4.78 is 25.1. The Hall–Kier alpha value is -3.42. The zero-order valence-corrected chi connectivity index (χ0v) is 15.6. The number of hydrogen-bond acceptors (Lipinski definition) is 5. The summed E-state index contributed by atoms with van der Waals surface area (Å²) in [7, 11) is 3.01. The quantitative estimate of drug-likeness (QED) is 0.676. The van der Waals surface area contributed by atoms with Gasteiger partial charge in [-0.3, -0.25) is 14.2 Å². The van der Waals surface area contributed by atoms with Gasteiger partial charge in [0.05, 0.1) is 31.4 Å². The largest absolute Gasteiger partial charge is 0.493 e. The lowest BCUT2D eigenvalue weighted by Crippen LogP contribution is -2.22. The smallest absolute Gasteiger partial charge is 0.261 e. The Labute approximate surface area is 160 Å². The molecule has 28 heavy (non-hydrogen) atoms. The lowest BCUT2D eigenvalue weighted by atomic mass is 10.2. The number of anilines is 1. The summed E-state index contributed by atoms with van der Waals surface area (Å²) in [6, 6.07) is 8.93. The first-order chi connectivity index (χ1) is 13.5. The molecule has 0 saturated heterocycles. The van der Waals surface area contributed by atoms with Gasteiger partial charge in [-0.15, -0.1) is 0 Å². The first-order valence-corrected chi connectivity index (χ1v) is 8.68. The van der Waals surface area contributed by atoms with E-state index in [4.69, 9.17) is 9.47 Å². The lowest BCUT2D eigenvalue weighted by molar-refractivity contribution is -0.116. The molecule has 3 aromatic rings. The van der Waals surface area contributed by atoms with Crippen molar-refractivity contribution in [3.05, 3.63) is 58.9 Å². The molecule has 1 amide bonds. The van der Waals surface area contributed by atoms with Gasteiger partial charge in [0.15, 0.2) is 11.5 Å². The van der Waals surface area contributed by atoms with Crippen molar-refractivity contribution >= 4 is 22.5 Å². The number of halogens is 1. The number of aromatic nitrogens is 2. The molecule has 0 radical (unpaired) electrons. The fraction of sp³-hybridized carbons (Fsp3) is 0.250. The number of aryl methyl sites for hydroxylation is 1. The number of amides is 1. The molecule has 0 aliphatic rings. The van der Waals surface area contributed by atoms with Gasteiger partial charge in [-0.2, -0.15) is 0 Å². The summed E-state index contributed by atoms with van der Waals surface area (Å²) in [6.45, 7) is 0.326. The van der Waals surface area contributed by atoms with E-state index >= 15 is 0 Å². The van der Waals surface area contributed by atoms with Crippen molar-refractivity contribution < 1.29 is 18.7 Å². The Morgan fingerprint density at radius 3 is 2.64 bits per heavy atom. The highest BCUT2D eigenvalue weighted by Gasteiger charge is 2.11. The van der Waals surface area contributed by atoms with Gasteiger partial charge in [0.1, 0.15) is 5.82 Å². The number of fused-ring (bicyclic) bond motifs is 1. The SMILES string of the molecule is COc1cc2ncn(CCCC(=O)Nc3cccc(F)c3)c(=O)c2cc1OC. The molecule has 0 aliphatic carbocycles. The lowest BCUT2D eigenvalue weighted by Gasteiger charge is -2.10.